The maximum absolute atomic E-state index is 13.2. The Balaban J connectivity index is 2.25. The highest BCUT2D eigenvalue weighted by molar-refractivity contribution is 5.80. The fraction of sp³-hybridized carbons (Fsp3) is 0.847. The van der Waals surface area contributed by atoms with E-state index in [1.165, 1.54) is 225 Å². The summed E-state index contributed by atoms with van der Waals surface area (Å²) in [5, 5.41) is 76.5. The lowest BCUT2D eigenvalue weighted by molar-refractivity contribution is -0.303. The zero-order valence-electron chi connectivity index (χ0n) is 53.7. The summed E-state index contributed by atoms with van der Waals surface area (Å²) in [7, 11) is 0. The molecule has 11 heteroatoms. The normalized spacial score (nSPS) is 19.4. The van der Waals surface area contributed by atoms with E-state index in [-0.39, 0.29) is 12.8 Å². The number of carbonyl (C=O) groups is 1. The number of ether oxygens (including phenoxy) is 2. The van der Waals surface area contributed by atoms with Gasteiger partial charge in [-0.15, -0.1) is 0 Å². The molecule has 1 aliphatic rings. The van der Waals surface area contributed by atoms with Crippen LogP contribution in [0.1, 0.15) is 322 Å². The van der Waals surface area contributed by atoms with Gasteiger partial charge in [-0.2, -0.15) is 0 Å². The van der Waals surface area contributed by atoms with E-state index in [9.17, 15) is 40.5 Å². The molecule has 8 N–H and O–H groups in total. The predicted molar refractivity (Wildman–Crippen MR) is 348 cm³/mol. The Morgan fingerprint density at radius 2 is 0.759 bits per heavy atom. The van der Waals surface area contributed by atoms with Crippen LogP contribution in [0.3, 0.4) is 0 Å². The largest absolute Gasteiger partial charge is 0.394 e. The Labute approximate surface area is 510 Å². The molecule has 1 aliphatic heterocycles. The highest BCUT2D eigenvalue weighted by Gasteiger charge is 2.44. The molecule has 0 aromatic heterocycles. The van der Waals surface area contributed by atoms with Crippen LogP contribution >= 0.6 is 0 Å². The lowest BCUT2D eigenvalue weighted by Crippen LogP contribution is -2.60. The number of amides is 1. The zero-order valence-corrected chi connectivity index (χ0v) is 53.7. The van der Waals surface area contributed by atoms with Gasteiger partial charge in [0, 0.05) is 0 Å². The molecule has 1 fully saturated rings. The second kappa shape index (κ2) is 60.1. The second-order valence-electron chi connectivity index (χ2n) is 24.6. The molecule has 0 bridgehead atoms. The van der Waals surface area contributed by atoms with Gasteiger partial charge < -0.3 is 50.5 Å². The molecule has 1 amide bonds. The molecule has 1 rings (SSSR count). The van der Waals surface area contributed by atoms with E-state index in [0.717, 1.165) is 51.4 Å². The van der Waals surface area contributed by atoms with Gasteiger partial charge in [0.25, 0.3) is 0 Å². The van der Waals surface area contributed by atoms with E-state index in [1.54, 1.807) is 0 Å². The summed E-state index contributed by atoms with van der Waals surface area (Å²) in [5.41, 5.74) is 0. The Hall–Kier alpha value is -2.19. The van der Waals surface area contributed by atoms with Crippen LogP contribution in [0.5, 0.6) is 0 Å². The van der Waals surface area contributed by atoms with E-state index in [4.69, 9.17) is 9.47 Å². The zero-order chi connectivity index (χ0) is 60.3. The number of aliphatic hydroxyl groups excluding tert-OH is 7. The molecule has 1 saturated heterocycles. The van der Waals surface area contributed by atoms with Crippen molar-refractivity contribution in [1.82, 2.24) is 5.32 Å². The van der Waals surface area contributed by atoms with Crippen LogP contribution in [-0.2, 0) is 14.3 Å². The van der Waals surface area contributed by atoms with E-state index < -0.39 is 74.2 Å². The second-order valence-corrected chi connectivity index (χ2v) is 24.6. The number of aliphatic hydroxyl groups is 7. The van der Waals surface area contributed by atoms with Crippen LogP contribution < -0.4 is 5.32 Å². The average molecular weight is 1170 g/mol. The van der Waals surface area contributed by atoms with Gasteiger partial charge in [-0.3, -0.25) is 4.79 Å². The Bertz CT molecular complexity index is 1530. The number of unbranched alkanes of at least 4 members (excludes halogenated alkanes) is 39. The molecule has 0 aliphatic carbocycles. The predicted octanol–water partition coefficient (Wildman–Crippen LogP) is 16.9. The van der Waals surface area contributed by atoms with E-state index in [0.29, 0.717) is 19.3 Å². The van der Waals surface area contributed by atoms with Crippen molar-refractivity contribution in [3.8, 4) is 0 Å². The van der Waals surface area contributed by atoms with Crippen molar-refractivity contribution < 1.29 is 50.0 Å². The number of hydrogen-bond donors (Lipinski definition) is 8. The van der Waals surface area contributed by atoms with E-state index in [2.05, 4.69) is 79.9 Å². The van der Waals surface area contributed by atoms with Crippen LogP contribution in [0.4, 0.5) is 0 Å². The van der Waals surface area contributed by atoms with Gasteiger partial charge in [0.2, 0.25) is 5.91 Å². The average Bonchev–Trinajstić information content (AvgIpc) is 3.68. The lowest BCUT2D eigenvalue weighted by atomic mass is 9.98. The summed E-state index contributed by atoms with van der Waals surface area (Å²) >= 11 is 0. The molecular weight excluding hydrogens is 1040 g/mol. The third-order valence-corrected chi connectivity index (χ3v) is 16.7. The maximum Gasteiger partial charge on any atom is 0.249 e. The van der Waals surface area contributed by atoms with Crippen LogP contribution in [-0.4, -0.2) is 110 Å². The van der Waals surface area contributed by atoms with Crippen LogP contribution in [0.25, 0.3) is 0 Å². The molecule has 0 saturated carbocycles. The number of carbonyl (C=O) groups excluding carboxylic acids is 1. The highest BCUT2D eigenvalue weighted by Crippen LogP contribution is 2.24. The Kier molecular flexibility index (Phi) is 57.1. The van der Waals surface area contributed by atoms with Crippen molar-refractivity contribution in [3.05, 3.63) is 60.8 Å². The van der Waals surface area contributed by atoms with Crippen molar-refractivity contribution in [3.63, 3.8) is 0 Å². The molecule has 83 heavy (non-hydrogen) atoms. The number of nitrogens with one attached hydrogen (secondary N) is 1. The van der Waals surface area contributed by atoms with Crippen LogP contribution in [0, 0.1) is 0 Å². The Morgan fingerprint density at radius 3 is 1.14 bits per heavy atom. The lowest BCUT2D eigenvalue weighted by Gasteiger charge is -2.40. The minimum Gasteiger partial charge on any atom is -0.394 e. The molecule has 486 valence electrons. The molecule has 11 nitrogen and oxygen atoms in total. The number of allylic oxidation sites excluding steroid dienone is 10. The molecule has 1 heterocycles. The van der Waals surface area contributed by atoms with Gasteiger partial charge in [-0.25, -0.2) is 0 Å². The van der Waals surface area contributed by atoms with Gasteiger partial charge in [-0.1, -0.05) is 286 Å². The molecule has 0 spiro atoms. The molecule has 0 radical (unpaired) electrons. The monoisotopic (exact) mass is 1170 g/mol. The maximum atomic E-state index is 13.2. The first-order valence-corrected chi connectivity index (χ1v) is 35.2. The third kappa shape index (κ3) is 47.5. The molecule has 0 aromatic carbocycles. The molecular formula is C72H133NO10. The van der Waals surface area contributed by atoms with Crippen LogP contribution in [0.2, 0.25) is 0 Å². The van der Waals surface area contributed by atoms with Gasteiger partial charge in [-0.05, 0) is 96.3 Å². The molecule has 9 atom stereocenters. The standard InChI is InChI=1S/C72H133NO10/c1-3-5-7-9-11-13-15-17-19-21-23-25-27-29-31-33-35-37-39-41-43-45-47-49-51-53-55-57-59-64(75)67(77)63(62-82-72-70(80)69(79)68(78)66(61-74)83-72)73-71(81)65(76)60-58-56-54-52-50-48-46-44-42-40-38-36-34-32-30-28-26-24-22-20-18-16-14-12-10-8-6-4-2/h24,26,30,32,35,37,43,45,51,53,63-70,72,74-80H,3-23,25,27-29,31,33-34,36,38-42,44,46-50,52,54-62H2,1-2H3,(H,73,81)/b26-24-,32-30-,37-35+,45-43+,53-51+. The smallest absolute Gasteiger partial charge is 0.249 e. The topological polar surface area (TPSA) is 189 Å². The first-order valence-electron chi connectivity index (χ1n) is 35.2. The van der Waals surface area contributed by atoms with Gasteiger partial charge in [0.15, 0.2) is 6.29 Å². The first kappa shape index (κ1) is 78.8. The fourth-order valence-corrected chi connectivity index (χ4v) is 11.1. The number of rotatable bonds is 61. The summed E-state index contributed by atoms with van der Waals surface area (Å²) in [6, 6.07) is -1.20. The van der Waals surface area contributed by atoms with Gasteiger partial charge in [0.05, 0.1) is 25.4 Å². The number of hydrogen-bond acceptors (Lipinski definition) is 10. The van der Waals surface area contributed by atoms with Crippen molar-refractivity contribution in [1.29, 1.82) is 0 Å². The summed E-state index contributed by atoms with van der Waals surface area (Å²) in [4.78, 5) is 13.2. The van der Waals surface area contributed by atoms with Crippen molar-refractivity contribution in [2.24, 2.45) is 0 Å². The minimum absolute atomic E-state index is 0.240. The van der Waals surface area contributed by atoms with E-state index in [1.807, 2.05) is 0 Å². The van der Waals surface area contributed by atoms with Crippen molar-refractivity contribution in [2.75, 3.05) is 13.2 Å². The first-order chi connectivity index (χ1) is 40.7. The highest BCUT2D eigenvalue weighted by atomic mass is 16.7. The summed E-state index contributed by atoms with van der Waals surface area (Å²) in [6.07, 6.45) is 68.7. The summed E-state index contributed by atoms with van der Waals surface area (Å²) in [5.74, 6) is -0.711. The summed E-state index contributed by atoms with van der Waals surface area (Å²) in [6.45, 7) is 3.47. The minimum atomic E-state index is -1.68. The van der Waals surface area contributed by atoms with E-state index >= 15 is 0 Å². The van der Waals surface area contributed by atoms with Crippen molar-refractivity contribution >= 4 is 5.91 Å². The quantitative estimate of drug-likeness (QED) is 0.0215. The SMILES string of the molecule is CCCCCCCCCCC/C=C\C/C=C\CCCCCCCCCCCCCCC(O)C(=O)NC(COC1OC(CO)C(O)C(O)C1O)C(O)C(O)CCC/C=C/CC/C=C/CC/C=C/CCCCCCCCCCCCCCCCC. The van der Waals surface area contributed by atoms with Crippen molar-refractivity contribution in [2.45, 2.75) is 377 Å². The Morgan fingerprint density at radius 1 is 0.422 bits per heavy atom. The summed E-state index contributed by atoms with van der Waals surface area (Å²) < 4.78 is 11.2. The third-order valence-electron chi connectivity index (χ3n) is 16.7. The molecule has 9 unspecified atom stereocenters. The van der Waals surface area contributed by atoms with Gasteiger partial charge >= 0.3 is 0 Å². The van der Waals surface area contributed by atoms with Gasteiger partial charge in [0.1, 0.15) is 36.6 Å². The fourth-order valence-electron chi connectivity index (χ4n) is 11.1. The van der Waals surface area contributed by atoms with Crippen LogP contribution in [0.15, 0.2) is 60.8 Å². The molecule has 0 aromatic rings.